The third-order valence-electron chi connectivity index (χ3n) is 3.03. The second-order valence-electron chi connectivity index (χ2n) is 4.73. The quantitative estimate of drug-likeness (QED) is 0.797. The van der Waals surface area contributed by atoms with E-state index >= 15 is 0 Å². The fourth-order valence-electron chi connectivity index (χ4n) is 2.07. The minimum Gasteiger partial charge on any atom is -0.379 e. The van der Waals surface area contributed by atoms with Crippen LogP contribution in [0.3, 0.4) is 0 Å². The fraction of sp³-hybridized carbons (Fsp3) is 0.750. The van der Waals surface area contributed by atoms with Gasteiger partial charge in [0.15, 0.2) is 0 Å². The van der Waals surface area contributed by atoms with Crippen LogP contribution in [0.2, 0.25) is 0 Å². The molecule has 1 aromatic rings. The Bertz CT molecular complexity index is 333. The Morgan fingerprint density at radius 2 is 2.24 bits per heavy atom. The SMILES string of the molecule is CC(CN1CCOCC1)NCc1cn(C)cn1. The number of aromatic nitrogens is 2. The molecule has 0 saturated carbocycles. The molecule has 0 bridgehead atoms. The van der Waals surface area contributed by atoms with E-state index in [1.165, 1.54) is 0 Å². The molecule has 5 nitrogen and oxygen atoms in total. The molecule has 1 unspecified atom stereocenters. The predicted molar refractivity (Wildman–Crippen MR) is 66.8 cm³/mol. The summed E-state index contributed by atoms with van der Waals surface area (Å²) in [5.74, 6) is 0. The van der Waals surface area contributed by atoms with Crippen molar-refractivity contribution >= 4 is 0 Å². The Morgan fingerprint density at radius 1 is 1.47 bits per heavy atom. The number of morpholine rings is 1. The molecule has 1 N–H and O–H groups in total. The first-order chi connectivity index (χ1) is 8.24. The molecule has 1 fully saturated rings. The van der Waals surface area contributed by atoms with Crippen molar-refractivity contribution in [2.24, 2.45) is 7.05 Å². The first kappa shape index (κ1) is 12.5. The number of imidazole rings is 1. The van der Waals surface area contributed by atoms with Gasteiger partial charge in [0.2, 0.25) is 0 Å². The summed E-state index contributed by atoms with van der Waals surface area (Å²) >= 11 is 0. The van der Waals surface area contributed by atoms with Crippen molar-refractivity contribution in [2.75, 3.05) is 32.8 Å². The van der Waals surface area contributed by atoms with Crippen molar-refractivity contribution in [1.29, 1.82) is 0 Å². The summed E-state index contributed by atoms with van der Waals surface area (Å²) in [7, 11) is 1.99. The molecule has 0 spiro atoms. The van der Waals surface area contributed by atoms with Crippen LogP contribution < -0.4 is 5.32 Å². The summed E-state index contributed by atoms with van der Waals surface area (Å²) in [6.45, 7) is 7.98. The molecule has 0 amide bonds. The summed E-state index contributed by atoms with van der Waals surface area (Å²) in [6, 6.07) is 0.482. The number of hydrogen-bond donors (Lipinski definition) is 1. The van der Waals surface area contributed by atoms with Crippen LogP contribution in [0.25, 0.3) is 0 Å². The van der Waals surface area contributed by atoms with E-state index in [1.807, 2.05) is 17.9 Å². The number of rotatable bonds is 5. The maximum Gasteiger partial charge on any atom is 0.0947 e. The molecular formula is C12H22N4O. The zero-order valence-electron chi connectivity index (χ0n) is 10.7. The van der Waals surface area contributed by atoms with Crippen LogP contribution in [-0.2, 0) is 18.3 Å². The van der Waals surface area contributed by atoms with Gasteiger partial charge in [-0.1, -0.05) is 0 Å². The van der Waals surface area contributed by atoms with Crippen LogP contribution in [0.1, 0.15) is 12.6 Å². The van der Waals surface area contributed by atoms with Crippen molar-refractivity contribution in [1.82, 2.24) is 19.8 Å². The molecule has 1 aliphatic rings. The number of nitrogens with zero attached hydrogens (tertiary/aromatic N) is 3. The second kappa shape index (κ2) is 6.14. The molecule has 1 aromatic heterocycles. The largest absolute Gasteiger partial charge is 0.379 e. The van der Waals surface area contributed by atoms with Gasteiger partial charge in [-0.2, -0.15) is 0 Å². The Hall–Kier alpha value is -0.910. The van der Waals surface area contributed by atoms with E-state index in [-0.39, 0.29) is 0 Å². The average Bonchev–Trinajstić information content (AvgIpc) is 2.74. The minimum atomic E-state index is 0.482. The first-order valence-corrected chi connectivity index (χ1v) is 6.24. The number of nitrogens with one attached hydrogen (secondary N) is 1. The molecule has 96 valence electrons. The fourth-order valence-corrected chi connectivity index (χ4v) is 2.07. The van der Waals surface area contributed by atoms with Gasteiger partial charge >= 0.3 is 0 Å². The lowest BCUT2D eigenvalue weighted by Crippen LogP contribution is -2.44. The highest BCUT2D eigenvalue weighted by Gasteiger charge is 2.13. The van der Waals surface area contributed by atoms with Crippen LogP contribution in [-0.4, -0.2) is 53.3 Å². The smallest absolute Gasteiger partial charge is 0.0947 e. The summed E-state index contributed by atoms with van der Waals surface area (Å²) in [5, 5.41) is 3.50. The van der Waals surface area contributed by atoms with Crippen LogP contribution in [0.4, 0.5) is 0 Å². The highest BCUT2D eigenvalue weighted by atomic mass is 16.5. The van der Waals surface area contributed by atoms with Gasteiger partial charge in [0.25, 0.3) is 0 Å². The molecule has 1 aliphatic heterocycles. The lowest BCUT2D eigenvalue weighted by Gasteiger charge is -2.29. The van der Waals surface area contributed by atoms with Gasteiger partial charge in [-0.25, -0.2) is 4.98 Å². The van der Waals surface area contributed by atoms with E-state index in [9.17, 15) is 0 Å². The van der Waals surface area contributed by atoms with Gasteiger partial charge in [-0.3, -0.25) is 4.90 Å². The van der Waals surface area contributed by atoms with Crippen molar-refractivity contribution in [3.63, 3.8) is 0 Å². The molecule has 2 heterocycles. The lowest BCUT2D eigenvalue weighted by atomic mass is 10.2. The van der Waals surface area contributed by atoms with Gasteiger partial charge in [0, 0.05) is 45.5 Å². The van der Waals surface area contributed by atoms with Crippen LogP contribution in [0.15, 0.2) is 12.5 Å². The Balaban J connectivity index is 1.68. The first-order valence-electron chi connectivity index (χ1n) is 6.24. The Labute approximate surface area is 103 Å². The molecule has 2 rings (SSSR count). The maximum absolute atomic E-state index is 5.34. The van der Waals surface area contributed by atoms with Gasteiger partial charge in [-0.15, -0.1) is 0 Å². The number of aryl methyl sites for hydroxylation is 1. The summed E-state index contributed by atoms with van der Waals surface area (Å²) in [4.78, 5) is 6.75. The van der Waals surface area contributed by atoms with Crippen molar-refractivity contribution in [3.05, 3.63) is 18.2 Å². The molecule has 17 heavy (non-hydrogen) atoms. The van der Waals surface area contributed by atoms with E-state index in [4.69, 9.17) is 4.74 Å². The van der Waals surface area contributed by atoms with Crippen molar-refractivity contribution in [3.8, 4) is 0 Å². The predicted octanol–water partition coefficient (Wildman–Crippen LogP) is 0.230. The van der Waals surface area contributed by atoms with Gasteiger partial charge in [0.1, 0.15) is 0 Å². The third kappa shape index (κ3) is 4.11. The molecule has 0 aliphatic carbocycles. The number of ether oxygens (including phenoxy) is 1. The topological polar surface area (TPSA) is 42.3 Å². The van der Waals surface area contributed by atoms with E-state index in [2.05, 4.69) is 28.3 Å². The molecule has 1 atom stereocenters. The monoisotopic (exact) mass is 238 g/mol. The van der Waals surface area contributed by atoms with Gasteiger partial charge in [-0.05, 0) is 6.92 Å². The number of hydrogen-bond acceptors (Lipinski definition) is 4. The van der Waals surface area contributed by atoms with Crippen LogP contribution in [0.5, 0.6) is 0 Å². The third-order valence-corrected chi connectivity index (χ3v) is 3.03. The van der Waals surface area contributed by atoms with Crippen LogP contribution >= 0.6 is 0 Å². The zero-order chi connectivity index (χ0) is 12.1. The minimum absolute atomic E-state index is 0.482. The lowest BCUT2D eigenvalue weighted by molar-refractivity contribution is 0.0343. The van der Waals surface area contributed by atoms with Gasteiger partial charge < -0.3 is 14.6 Å². The molecule has 0 aromatic carbocycles. The van der Waals surface area contributed by atoms with Crippen LogP contribution in [0, 0.1) is 0 Å². The summed E-state index contributed by atoms with van der Waals surface area (Å²) < 4.78 is 7.31. The average molecular weight is 238 g/mol. The molecule has 0 radical (unpaired) electrons. The van der Waals surface area contributed by atoms with Gasteiger partial charge in [0.05, 0.1) is 25.2 Å². The Morgan fingerprint density at radius 3 is 2.88 bits per heavy atom. The standard InChI is InChI=1S/C12H22N4O/c1-11(8-16-3-5-17-6-4-16)13-7-12-9-15(2)10-14-12/h9-11,13H,3-8H2,1-2H3. The summed E-state index contributed by atoms with van der Waals surface area (Å²) in [6.07, 6.45) is 3.89. The highest BCUT2D eigenvalue weighted by molar-refractivity contribution is 4.95. The Kier molecular flexibility index (Phi) is 4.53. The van der Waals surface area contributed by atoms with E-state index in [0.717, 1.165) is 45.1 Å². The summed E-state index contributed by atoms with van der Waals surface area (Å²) in [5.41, 5.74) is 1.10. The molecule has 5 heteroatoms. The maximum atomic E-state index is 5.34. The van der Waals surface area contributed by atoms with E-state index in [0.29, 0.717) is 6.04 Å². The highest BCUT2D eigenvalue weighted by Crippen LogP contribution is 2.00. The second-order valence-corrected chi connectivity index (χ2v) is 4.73. The van der Waals surface area contributed by atoms with E-state index in [1.54, 1.807) is 0 Å². The van der Waals surface area contributed by atoms with Crippen molar-refractivity contribution in [2.45, 2.75) is 19.5 Å². The molecule has 1 saturated heterocycles. The normalized spacial score (nSPS) is 19.4. The zero-order valence-corrected chi connectivity index (χ0v) is 10.7. The molecular weight excluding hydrogens is 216 g/mol. The van der Waals surface area contributed by atoms with Crippen molar-refractivity contribution < 1.29 is 4.74 Å². The van der Waals surface area contributed by atoms with E-state index < -0.39 is 0 Å².